The van der Waals surface area contributed by atoms with Gasteiger partial charge in [-0.1, -0.05) is 18.2 Å². The number of fused-ring (bicyclic) bond motifs is 1. The molecule has 112 valence electrons. The molecule has 1 amide bonds. The highest BCUT2D eigenvalue weighted by Gasteiger charge is 2.34. The second-order valence-electron chi connectivity index (χ2n) is 5.78. The maximum atomic E-state index is 12.5. The number of aliphatic carboxylic acids is 1. The van der Waals surface area contributed by atoms with Crippen molar-refractivity contribution in [2.24, 2.45) is 5.92 Å². The number of carbonyl (C=O) groups excluding carboxylic acids is 1. The maximum Gasteiger partial charge on any atom is 0.303 e. The molecule has 1 N–H and O–H groups in total. The lowest BCUT2D eigenvalue weighted by atomic mass is 9.93. The van der Waals surface area contributed by atoms with Crippen molar-refractivity contribution in [2.75, 3.05) is 13.1 Å². The van der Waals surface area contributed by atoms with Gasteiger partial charge in [0, 0.05) is 25.9 Å². The number of para-hydroxylation sites is 1. The van der Waals surface area contributed by atoms with Crippen molar-refractivity contribution in [3.63, 3.8) is 0 Å². The molecular formula is C16H19NO4. The summed E-state index contributed by atoms with van der Waals surface area (Å²) in [5.74, 6) is 0.263. The lowest BCUT2D eigenvalue weighted by Gasteiger charge is -2.32. The third kappa shape index (κ3) is 3.01. The Hall–Kier alpha value is -2.04. The Morgan fingerprint density at radius 1 is 1.24 bits per heavy atom. The fourth-order valence-electron chi connectivity index (χ4n) is 3.13. The highest BCUT2D eigenvalue weighted by Crippen LogP contribution is 2.30. The van der Waals surface area contributed by atoms with Crippen LogP contribution in [-0.2, 0) is 16.0 Å². The Labute approximate surface area is 123 Å². The number of benzene rings is 1. The molecule has 0 bridgehead atoms. The Morgan fingerprint density at radius 2 is 1.95 bits per heavy atom. The van der Waals surface area contributed by atoms with Crippen molar-refractivity contribution < 1.29 is 19.4 Å². The smallest absolute Gasteiger partial charge is 0.303 e. The molecule has 1 aromatic carbocycles. The minimum atomic E-state index is -0.755. The summed E-state index contributed by atoms with van der Waals surface area (Å²) >= 11 is 0. The predicted octanol–water partition coefficient (Wildman–Crippen LogP) is 1.70. The summed E-state index contributed by atoms with van der Waals surface area (Å²) in [7, 11) is 0. The van der Waals surface area contributed by atoms with Crippen molar-refractivity contribution in [1.29, 1.82) is 0 Å². The molecule has 21 heavy (non-hydrogen) atoms. The molecule has 0 aliphatic carbocycles. The summed E-state index contributed by atoms with van der Waals surface area (Å²) in [6, 6.07) is 7.74. The van der Waals surface area contributed by atoms with Crippen LogP contribution >= 0.6 is 0 Å². The number of carboxylic acids is 1. The summed E-state index contributed by atoms with van der Waals surface area (Å²) in [4.78, 5) is 25.0. The molecule has 1 saturated heterocycles. The molecular weight excluding hydrogens is 270 g/mol. The number of hydrogen-bond acceptors (Lipinski definition) is 3. The first-order chi connectivity index (χ1) is 10.1. The minimum Gasteiger partial charge on any atom is -0.481 e. The van der Waals surface area contributed by atoms with Gasteiger partial charge in [-0.3, -0.25) is 9.59 Å². The van der Waals surface area contributed by atoms with E-state index in [0.29, 0.717) is 19.5 Å². The minimum absolute atomic E-state index is 0.0278. The van der Waals surface area contributed by atoms with Crippen molar-refractivity contribution in [2.45, 2.75) is 31.8 Å². The van der Waals surface area contributed by atoms with Gasteiger partial charge in [-0.2, -0.15) is 0 Å². The second-order valence-corrected chi connectivity index (χ2v) is 5.78. The Morgan fingerprint density at radius 3 is 2.62 bits per heavy atom. The molecule has 1 atom stereocenters. The fourth-order valence-corrected chi connectivity index (χ4v) is 3.13. The normalized spacial score (nSPS) is 21.7. The number of hydrogen-bond donors (Lipinski definition) is 1. The zero-order valence-corrected chi connectivity index (χ0v) is 11.8. The van der Waals surface area contributed by atoms with E-state index in [0.717, 1.165) is 24.2 Å². The van der Waals surface area contributed by atoms with Gasteiger partial charge in [-0.15, -0.1) is 0 Å². The molecule has 2 aliphatic heterocycles. The lowest BCUT2D eigenvalue weighted by molar-refractivity contribution is -0.140. The SMILES string of the molecule is O=C(O)CC1CCN(C(=O)C2Cc3ccccc3O2)CC1. The van der Waals surface area contributed by atoms with Gasteiger partial charge < -0.3 is 14.7 Å². The molecule has 2 heterocycles. The molecule has 2 aliphatic rings. The predicted molar refractivity (Wildman–Crippen MR) is 76.1 cm³/mol. The van der Waals surface area contributed by atoms with Gasteiger partial charge in [0.15, 0.2) is 6.10 Å². The largest absolute Gasteiger partial charge is 0.481 e. The van der Waals surface area contributed by atoms with Crippen LogP contribution < -0.4 is 4.74 Å². The summed E-state index contributed by atoms with van der Waals surface area (Å²) in [6.45, 7) is 1.26. The second kappa shape index (κ2) is 5.76. The monoisotopic (exact) mass is 289 g/mol. The quantitative estimate of drug-likeness (QED) is 0.919. The summed E-state index contributed by atoms with van der Waals surface area (Å²) in [6.07, 6.45) is 1.94. The lowest BCUT2D eigenvalue weighted by Crippen LogP contribution is -2.45. The number of carboxylic acid groups (broad SMARTS) is 1. The summed E-state index contributed by atoms with van der Waals surface area (Å²) < 4.78 is 5.73. The highest BCUT2D eigenvalue weighted by molar-refractivity contribution is 5.82. The van der Waals surface area contributed by atoms with Crippen LogP contribution in [0, 0.1) is 5.92 Å². The van der Waals surface area contributed by atoms with Crippen LogP contribution in [0.4, 0.5) is 0 Å². The average Bonchev–Trinajstić information content (AvgIpc) is 2.90. The number of piperidine rings is 1. The van der Waals surface area contributed by atoms with Crippen molar-refractivity contribution in [3.05, 3.63) is 29.8 Å². The number of amides is 1. The Kier molecular flexibility index (Phi) is 3.82. The first-order valence-corrected chi connectivity index (χ1v) is 7.38. The Balaban J connectivity index is 1.55. The zero-order valence-electron chi connectivity index (χ0n) is 11.8. The first-order valence-electron chi connectivity index (χ1n) is 7.38. The van der Waals surface area contributed by atoms with Crippen LogP contribution in [0.15, 0.2) is 24.3 Å². The standard InChI is InChI=1S/C16H19NO4/c18-15(19)9-11-5-7-17(8-6-11)16(20)14-10-12-3-1-2-4-13(12)21-14/h1-4,11,14H,5-10H2,(H,18,19). The molecule has 5 nitrogen and oxygen atoms in total. The van der Waals surface area contributed by atoms with Crippen LogP contribution in [0.5, 0.6) is 5.75 Å². The number of likely N-dealkylation sites (tertiary alicyclic amines) is 1. The van der Waals surface area contributed by atoms with E-state index in [9.17, 15) is 9.59 Å². The van der Waals surface area contributed by atoms with E-state index in [1.165, 1.54) is 0 Å². The van der Waals surface area contributed by atoms with Crippen molar-refractivity contribution >= 4 is 11.9 Å². The maximum absolute atomic E-state index is 12.5. The molecule has 0 saturated carbocycles. The van der Waals surface area contributed by atoms with E-state index < -0.39 is 12.1 Å². The van der Waals surface area contributed by atoms with E-state index >= 15 is 0 Å². The van der Waals surface area contributed by atoms with Gasteiger partial charge in [-0.25, -0.2) is 0 Å². The molecule has 1 fully saturated rings. The molecule has 0 spiro atoms. The van der Waals surface area contributed by atoms with E-state index in [2.05, 4.69) is 0 Å². The van der Waals surface area contributed by atoms with Gasteiger partial charge in [0.05, 0.1) is 0 Å². The van der Waals surface area contributed by atoms with Gasteiger partial charge in [0.1, 0.15) is 5.75 Å². The molecule has 1 unspecified atom stereocenters. The first kappa shape index (κ1) is 13.9. The van der Waals surface area contributed by atoms with E-state index in [1.54, 1.807) is 0 Å². The number of rotatable bonds is 3. The molecule has 0 radical (unpaired) electrons. The molecule has 0 aromatic heterocycles. The van der Waals surface area contributed by atoms with E-state index in [1.807, 2.05) is 29.2 Å². The highest BCUT2D eigenvalue weighted by atomic mass is 16.5. The van der Waals surface area contributed by atoms with Crippen molar-refractivity contribution in [3.8, 4) is 5.75 Å². The average molecular weight is 289 g/mol. The van der Waals surface area contributed by atoms with Crippen LogP contribution in [0.3, 0.4) is 0 Å². The molecule has 3 rings (SSSR count). The number of carbonyl (C=O) groups is 2. The fraction of sp³-hybridized carbons (Fsp3) is 0.500. The zero-order chi connectivity index (χ0) is 14.8. The van der Waals surface area contributed by atoms with Crippen LogP contribution in [0.25, 0.3) is 0 Å². The van der Waals surface area contributed by atoms with Gasteiger partial charge >= 0.3 is 5.97 Å². The van der Waals surface area contributed by atoms with E-state index in [-0.39, 0.29) is 18.2 Å². The summed E-state index contributed by atoms with van der Waals surface area (Å²) in [5, 5.41) is 8.81. The van der Waals surface area contributed by atoms with Crippen LogP contribution in [0.1, 0.15) is 24.8 Å². The van der Waals surface area contributed by atoms with Crippen LogP contribution in [-0.4, -0.2) is 41.1 Å². The molecule has 5 heteroatoms. The van der Waals surface area contributed by atoms with Gasteiger partial charge in [-0.05, 0) is 30.4 Å². The topological polar surface area (TPSA) is 66.8 Å². The Bertz CT molecular complexity index is 524. The third-order valence-corrected chi connectivity index (χ3v) is 4.31. The molecule has 1 aromatic rings. The van der Waals surface area contributed by atoms with Crippen molar-refractivity contribution in [1.82, 2.24) is 4.90 Å². The van der Waals surface area contributed by atoms with E-state index in [4.69, 9.17) is 9.84 Å². The van der Waals surface area contributed by atoms with Gasteiger partial charge in [0.2, 0.25) is 0 Å². The summed E-state index contributed by atoms with van der Waals surface area (Å²) in [5.41, 5.74) is 1.08. The van der Waals surface area contributed by atoms with Gasteiger partial charge in [0.25, 0.3) is 5.91 Å². The number of ether oxygens (including phenoxy) is 1. The van der Waals surface area contributed by atoms with Crippen LogP contribution in [0.2, 0.25) is 0 Å². The third-order valence-electron chi connectivity index (χ3n) is 4.31. The number of nitrogens with zero attached hydrogens (tertiary/aromatic N) is 1.